The molecule has 1 saturated heterocycles. The molecule has 1 saturated carbocycles. The van der Waals surface area contributed by atoms with Crippen molar-refractivity contribution in [1.82, 2.24) is 5.32 Å². The lowest BCUT2D eigenvalue weighted by molar-refractivity contribution is -0.176. The number of hydrogen-bond donors (Lipinski definition) is 1. The SMILES string of the molecule is COC(=O)CCC/C=C\C[C@@H]1[C@@H](NC(=O)C(F)(F)F)[C@H]2C[C@]1(c1ccc(F)cc1)CO2. The zero-order chi connectivity index (χ0) is 22.6. The molecular weight excluding hydrogens is 418 g/mol. The molecule has 5 nitrogen and oxygen atoms in total. The fourth-order valence-corrected chi connectivity index (χ4v) is 4.65. The fraction of sp³-hybridized carbons (Fsp3) is 0.545. The van der Waals surface area contributed by atoms with Gasteiger partial charge in [0.25, 0.3) is 0 Å². The Morgan fingerprint density at radius 1 is 1.26 bits per heavy atom. The molecule has 1 aromatic rings. The average Bonchev–Trinajstić information content (AvgIpc) is 3.28. The summed E-state index contributed by atoms with van der Waals surface area (Å²) in [5, 5.41) is 2.12. The monoisotopic (exact) mass is 443 g/mol. The number of methoxy groups -OCH3 is 1. The van der Waals surface area contributed by atoms with Crippen LogP contribution in [0.25, 0.3) is 0 Å². The normalized spacial score (nSPS) is 27.6. The number of amides is 1. The molecule has 9 heteroatoms. The van der Waals surface area contributed by atoms with Gasteiger partial charge in [-0.1, -0.05) is 24.3 Å². The summed E-state index contributed by atoms with van der Waals surface area (Å²) in [6.45, 7) is 0.294. The Hall–Kier alpha value is -2.42. The van der Waals surface area contributed by atoms with Gasteiger partial charge in [-0.05, 0) is 49.3 Å². The van der Waals surface area contributed by atoms with Crippen LogP contribution in [0.2, 0.25) is 0 Å². The fourth-order valence-electron chi connectivity index (χ4n) is 4.65. The topological polar surface area (TPSA) is 64.6 Å². The van der Waals surface area contributed by atoms with Crippen LogP contribution in [0.4, 0.5) is 17.6 Å². The second-order valence-corrected chi connectivity index (χ2v) is 8.00. The average molecular weight is 443 g/mol. The maximum Gasteiger partial charge on any atom is 0.471 e. The van der Waals surface area contributed by atoms with Crippen LogP contribution in [0, 0.1) is 11.7 Å². The molecule has 170 valence electrons. The van der Waals surface area contributed by atoms with E-state index in [1.807, 2.05) is 12.2 Å². The Morgan fingerprint density at radius 2 is 1.97 bits per heavy atom. The van der Waals surface area contributed by atoms with Crippen molar-refractivity contribution in [1.29, 1.82) is 0 Å². The largest absolute Gasteiger partial charge is 0.471 e. The number of carbonyl (C=O) groups excluding carboxylic acids is 2. The first kappa shape index (κ1) is 23.2. The summed E-state index contributed by atoms with van der Waals surface area (Å²) in [5.41, 5.74) is 0.169. The highest BCUT2D eigenvalue weighted by Gasteiger charge is 2.60. The second-order valence-electron chi connectivity index (χ2n) is 8.00. The highest BCUT2D eigenvalue weighted by Crippen LogP contribution is 2.53. The van der Waals surface area contributed by atoms with Gasteiger partial charge in [0.15, 0.2) is 0 Å². The van der Waals surface area contributed by atoms with E-state index >= 15 is 0 Å². The molecule has 2 bridgehead atoms. The molecule has 1 N–H and O–H groups in total. The lowest BCUT2D eigenvalue weighted by atomic mass is 9.70. The maximum absolute atomic E-state index is 13.4. The number of unbranched alkanes of at least 4 members (excludes halogenated alkanes) is 1. The van der Waals surface area contributed by atoms with Crippen molar-refractivity contribution in [3.63, 3.8) is 0 Å². The van der Waals surface area contributed by atoms with E-state index in [1.54, 1.807) is 12.1 Å². The zero-order valence-corrected chi connectivity index (χ0v) is 17.1. The third-order valence-electron chi connectivity index (χ3n) is 6.17. The molecule has 1 aliphatic heterocycles. The molecule has 3 rings (SSSR count). The summed E-state index contributed by atoms with van der Waals surface area (Å²) in [4.78, 5) is 22.8. The van der Waals surface area contributed by atoms with Gasteiger partial charge < -0.3 is 14.8 Å². The lowest BCUT2D eigenvalue weighted by Gasteiger charge is -2.39. The number of ether oxygens (including phenoxy) is 2. The molecule has 0 radical (unpaired) electrons. The number of benzene rings is 1. The summed E-state index contributed by atoms with van der Waals surface area (Å²) >= 11 is 0. The van der Waals surface area contributed by atoms with Crippen LogP contribution >= 0.6 is 0 Å². The second kappa shape index (κ2) is 9.38. The molecule has 1 amide bonds. The van der Waals surface area contributed by atoms with E-state index in [9.17, 15) is 27.2 Å². The Morgan fingerprint density at radius 3 is 2.61 bits per heavy atom. The van der Waals surface area contributed by atoms with Gasteiger partial charge in [0, 0.05) is 11.8 Å². The molecule has 4 atom stereocenters. The Kier molecular flexibility index (Phi) is 7.03. The van der Waals surface area contributed by atoms with Gasteiger partial charge in [-0.15, -0.1) is 0 Å². The number of carbonyl (C=O) groups is 2. The Balaban J connectivity index is 1.77. The third kappa shape index (κ3) is 5.08. The summed E-state index contributed by atoms with van der Waals surface area (Å²) < 4.78 is 62.4. The summed E-state index contributed by atoms with van der Waals surface area (Å²) in [7, 11) is 1.32. The minimum absolute atomic E-state index is 0.282. The molecule has 31 heavy (non-hydrogen) atoms. The smallest absolute Gasteiger partial charge is 0.469 e. The number of halogens is 4. The minimum Gasteiger partial charge on any atom is -0.469 e. The number of hydrogen-bond acceptors (Lipinski definition) is 4. The van der Waals surface area contributed by atoms with Gasteiger partial charge in [-0.3, -0.25) is 9.59 Å². The van der Waals surface area contributed by atoms with E-state index < -0.39 is 35.5 Å². The van der Waals surface area contributed by atoms with Crippen LogP contribution in [-0.2, 0) is 24.5 Å². The van der Waals surface area contributed by atoms with Crippen LogP contribution in [0.15, 0.2) is 36.4 Å². The van der Waals surface area contributed by atoms with Gasteiger partial charge in [0.05, 0.1) is 25.9 Å². The molecule has 0 unspecified atom stereocenters. The van der Waals surface area contributed by atoms with Crippen molar-refractivity contribution in [2.45, 2.75) is 55.8 Å². The number of rotatable bonds is 8. The lowest BCUT2D eigenvalue weighted by Crippen LogP contribution is -2.54. The predicted molar refractivity (Wildman–Crippen MR) is 104 cm³/mol. The summed E-state index contributed by atoms with van der Waals surface area (Å²) in [5.74, 6) is -3.05. The van der Waals surface area contributed by atoms with Crippen molar-refractivity contribution in [2.75, 3.05) is 13.7 Å². The molecule has 0 aromatic heterocycles. The molecule has 1 heterocycles. The van der Waals surface area contributed by atoms with Gasteiger partial charge in [-0.25, -0.2) is 4.39 Å². The number of alkyl halides is 3. The van der Waals surface area contributed by atoms with Crippen LogP contribution < -0.4 is 5.32 Å². The van der Waals surface area contributed by atoms with Crippen molar-refractivity contribution < 1.29 is 36.6 Å². The van der Waals surface area contributed by atoms with E-state index in [0.29, 0.717) is 32.3 Å². The van der Waals surface area contributed by atoms with Gasteiger partial charge in [-0.2, -0.15) is 13.2 Å². The molecular formula is C22H25F4NO4. The van der Waals surface area contributed by atoms with Crippen molar-refractivity contribution in [2.24, 2.45) is 5.92 Å². The predicted octanol–water partition coefficient (Wildman–Crippen LogP) is 3.82. The summed E-state index contributed by atoms with van der Waals surface area (Å²) in [6, 6.07) is 5.08. The van der Waals surface area contributed by atoms with E-state index in [4.69, 9.17) is 4.74 Å². The standard InChI is InChI=1S/C22H25F4NO4/c1-30-18(28)7-5-3-2-4-6-16-19(27-20(29)22(24,25)26)17-12-21(16,13-31-17)14-8-10-15(23)11-9-14/h2,4,8-11,16-17,19H,3,5-7,12-13H2,1H3,(H,27,29)/b4-2-/t16-,17-,19-,21-/m1/s1. The molecule has 2 aliphatic rings. The van der Waals surface area contributed by atoms with E-state index in [0.717, 1.165) is 5.56 Å². The van der Waals surface area contributed by atoms with Gasteiger partial charge in [0.1, 0.15) is 5.82 Å². The third-order valence-corrected chi connectivity index (χ3v) is 6.17. The van der Waals surface area contributed by atoms with E-state index in [1.165, 1.54) is 19.2 Å². The van der Waals surface area contributed by atoms with Crippen LogP contribution in [-0.4, -0.2) is 43.9 Å². The van der Waals surface area contributed by atoms with Crippen molar-refractivity contribution in [3.05, 3.63) is 47.8 Å². The maximum atomic E-state index is 13.4. The quantitative estimate of drug-likeness (QED) is 0.287. The molecule has 0 spiro atoms. The number of esters is 1. The Bertz CT molecular complexity index is 824. The van der Waals surface area contributed by atoms with Crippen molar-refractivity contribution in [3.8, 4) is 0 Å². The first-order valence-corrected chi connectivity index (χ1v) is 10.1. The minimum atomic E-state index is -4.99. The van der Waals surface area contributed by atoms with E-state index in [2.05, 4.69) is 10.1 Å². The zero-order valence-electron chi connectivity index (χ0n) is 17.1. The first-order valence-electron chi connectivity index (χ1n) is 10.1. The first-order chi connectivity index (χ1) is 14.7. The highest BCUT2D eigenvalue weighted by atomic mass is 19.4. The van der Waals surface area contributed by atoms with Gasteiger partial charge in [0.2, 0.25) is 0 Å². The molecule has 1 aliphatic carbocycles. The summed E-state index contributed by atoms with van der Waals surface area (Å²) in [6.07, 6.45) is 0.553. The van der Waals surface area contributed by atoms with E-state index in [-0.39, 0.29) is 18.3 Å². The number of allylic oxidation sites excluding steroid dienone is 2. The highest BCUT2D eigenvalue weighted by molar-refractivity contribution is 5.82. The molecule has 1 aromatic carbocycles. The van der Waals surface area contributed by atoms with Crippen LogP contribution in [0.5, 0.6) is 0 Å². The van der Waals surface area contributed by atoms with Gasteiger partial charge >= 0.3 is 18.1 Å². The number of fused-ring (bicyclic) bond motifs is 2. The number of nitrogens with one attached hydrogen (secondary N) is 1. The van der Waals surface area contributed by atoms with Crippen molar-refractivity contribution >= 4 is 11.9 Å². The Labute approximate surface area is 177 Å². The van der Waals surface area contributed by atoms with Crippen LogP contribution in [0.1, 0.15) is 37.7 Å². The van der Waals surface area contributed by atoms with Crippen LogP contribution in [0.3, 0.4) is 0 Å². The molecule has 2 fully saturated rings.